The number of piperidine rings is 1. The lowest BCUT2D eigenvalue weighted by Gasteiger charge is -2.46. The molecule has 0 bridgehead atoms. The fourth-order valence-electron chi connectivity index (χ4n) is 5.33. The van der Waals surface area contributed by atoms with Crippen LogP contribution in [0.25, 0.3) is 10.9 Å². The van der Waals surface area contributed by atoms with Gasteiger partial charge in [0, 0.05) is 55.0 Å². The Balaban J connectivity index is 1.67. The van der Waals surface area contributed by atoms with Crippen molar-refractivity contribution in [3.8, 4) is 0 Å². The van der Waals surface area contributed by atoms with E-state index in [0.29, 0.717) is 18.4 Å². The number of carbonyl (C=O) groups excluding carboxylic acids is 2. The van der Waals surface area contributed by atoms with E-state index in [-0.39, 0.29) is 17.9 Å². The number of likely N-dealkylation sites (tertiary alicyclic amines) is 1. The number of aromatic nitrogens is 1. The largest absolute Gasteiger partial charge is 0.352 e. The molecule has 4 rings (SSSR count). The monoisotopic (exact) mass is 396 g/mol. The van der Waals surface area contributed by atoms with Crippen molar-refractivity contribution >= 4 is 22.7 Å². The number of fused-ring (bicyclic) bond motifs is 2. The number of rotatable bonds is 5. The zero-order valence-electron chi connectivity index (χ0n) is 17.9. The first-order valence-corrected chi connectivity index (χ1v) is 10.9. The van der Waals surface area contributed by atoms with Gasteiger partial charge in [0.15, 0.2) is 5.78 Å². The van der Waals surface area contributed by atoms with Crippen LogP contribution in [-0.4, -0.2) is 65.4 Å². The number of amides is 2. The number of benzene rings is 1. The molecule has 1 aliphatic carbocycles. The highest BCUT2D eigenvalue weighted by Gasteiger charge is 2.41. The molecule has 0 saturated carbocycles. The molecule has 156 valence electrons. The first-order chi connectivity index (χ1) is 14.0. The topological polar surface area (TPSA) is 68.4 Å². The maximum atomic E-state index is 12.6. The van der Waals surface area contributed by atoms with E-state index in [2.05, 4.69) is 40.4 Å². The van der Waals surface area contributed by atoms with Crippen LogP contribution in [0.15, 0.2) is 18.2 Å². The molecule has 3 atom stereocenters. The second-order valence-corrected chi connectivity index (χ2v) is 8.40. The van der Waals surface area contributed by atoms with Gasteiger partial charge < -0.3 is 20.1 Å². The van der Waals surface area contributed by atoms with E-state index < -0.39 is 0 Å². The first kappa shape index (κ1) is 20.0. The summed E-state index contributed by atoms with van der Waals surface area (Å²) in [6.07, 6.45) is 2.33. The summed E-state index contributed by atoms with van der Waals surface area (Å²) >= 11 is 0. The Hall–Kier alpha value is -2.34. The standard InChI is InChI=1S/C23H32N4O2/c1-5-20(28)22-17-12-19-16(15-9-8-10-18(25-22)21(15)17)11-14(13-26(19)4)24-23(29)27(6-2)7-3/h8-10,14,16,19,25H,5-7,11-13H2,1-4H3,(H,24,29)/t14-,16+,19+/m0/s1. The Morgan fingerprint density at radius 1 is 1.24 bits per heavy atom. The van der Waals surface area contributed by atoms with E-state index in [1.807, 2.05) is 25.7 Å². The van der Waals surface area contributed by atoms with Crippen molar-refractivity contribution < 1.29 is 9.59 Å². The number of aromatic amines is 1. The number of likely N-dealkylation sites (N-methyl/N-ethyl adjacent to an activating group) is 1. The van der Waals surface area contributed by atoms with Crippen molar-refractivity contribution in [1.29, 1.82) is 0 Å². The highest BCUT2D eigenvalue weighted by molar-refractivity contribution is 6.03. The fraction of sp³-hybridized carbons (Fsp3) is 0.565. The molecular formula is C23H32N4O2. The summed E-state index contributed by atoms with van der Waals surface area (Å²) in [7, 11) is 2.15. The molecule has 2 aromatic rings. The van der Waals surface area contributed by atoms with E-state index >= 15 is 0 Å². The smallest absolute Gasteiger partial charge is 0.317 e. The molecule has 1 aromatic carbocycles. The summed E-state index contributed by atoms with van der Waals surface area (Å²) in [5.41, 5.74) is 4.35. The van der Waals surface area contributed by atoms with Gasteiger partial charge in [-0.1, -0.05) is 19.1 Å². The minimum atomic E-state index is 0.0269. The molecular weight excluding hydrogens is 364 g/mol. The van der Waals surface area contributed by atoms with Crippen LogP contribution in [0.2, 0.25) is 0 Å². The van der Waals surface area contributed by atoms with Gasteiger partial charge in [-0.2, -0.15) is 0 Å². The van der Waals surface area contributed by atoms with Gasteiger partial charge in [0.1, 0.15) is 0 Å². The van der Waals surface area contributed by atoms with E-state index in [9.17, 15) is 9.59 Å². The van der Waals surface area contributed by atoms with Gasteiger partial charge in [-0.3, -0.25) is 4.79 Å². The first-order valence-electron chi connectivity index (χ1n) is 10.9. The Bertz CT molecular complexity index is 930. The molecule has 6 heteroatoms. The summed E-state index contributed by atoms with van der Waals surface area (Å²) in [5.74, 6) is 0.538. The van der Waals surface area contributed by atoms with Crippen LogP contribution in [0.5, 0.6) is 0 Å². The Morgan fingerprint density at radius 2 is 2.00 bits per heavy atom. The number of carbonyl (C=O) groups is 2. The van der Waals surface area contributed by atoms with E-state index in [0.717, 1.165) is 43.7 Å². The second-order valence-electron chi connectivity index (χ2n) is 8.40. The van der Waals surface area contributed by atoms with E-state index in [1.165, 1.54) is 16.5 Å². The van der Waals surface area contributed by atoms with E-state index in [4.69, 9.17) is 0 Å². The summed E-state index contributed by atoms with van der Waals surface area (Å²) in [6.45, 7) is 8.21. The van der Waals surface area contributed by atoms with Crippen LogP contribution in [0.1, 0.15) is 61.1 Å². The van der Waals surface area contributed by atoms with Gasteiger partial charge in [0.25, 0.3) is 0 Å². The lowest BCUT2D eigenvalue weighted by atomic mass is 9.73. The predicted octanol–water partition coefficient (Wildman–Crippen LogP) is 3.52. The van der Waals surface area contributed by atoms with Gasteiger partial charge in [-0.05, 0) is 50.9 Å². The molecule has 0 spiro atoms. The predicted molar refractivity (Wildman–Crippen MR) is 116 cm³/mol. The van der Waals surface area contributed by atoms with Crippen molar-refractivity contribution in [1.82, 2.24) is 20.1 Å². The molecule has 0 radical (unpaired) electrons. The van der Waals surface area contributed by atoms with Crippen molar-refractivity contribution in [2.45, 2.75) is 58.0 Å². The number of nitrogens with one attached hydrogen (secondary N) is 2. The minimum absolute atomic E-state index is 0.0269. The third-order valence-electron chi connectivity index (χ3n) is 6.83. The number of urea groups is 1. The minimum Gasteiger partial charge on any atom is -0.352 e. The third kappa shape index (κ3) is 3.33. The molecule has 2 aliphatic rings. The zero-order chi connectivity index (χ0) is 20.7. The van der Waals surface area contributed by atoms with Crippen LogP contribution < -0.4 is 5.32 Å². The maximum Gasteiger partial charge on any atom is 0.317 e. The van der Waals surface area contributed by atoms with Gasteiger partial charge in [0.05, 0.1) is 5.69 Å². The van der Waals surface area contributed by atoms with Crippen LogP contribution in [0, 0.1) is 0 Å². The summed E-state index contributed by atoms with van der Waals surface area (Å²) in [6, 6.07) is 6.87. The van der Waals surface area contributed by atoms with Gasteiger partial charge >= 0.3 is 6.03 Å². The normalized spacial score (nSPS) is 23.7. The molecule has 29 heavy (non-hydrogen) atoms. The average Bonchev–Trinajstić information content (AvgIpc) is 3.09. The maximum absolute atomic E-state index is 12.6. The molecule has 0 unspecified atom stereocenters. The summed E-state index contributed by atoms with van der Waals surface area (Å²) in [4.78, 5) is 32.7. The van der Waals surface area contributed by atoms with Crippen LogP contribution in [0.4, 0.5) is 4.79 Å². The highest BCUT2D eigenvalue weighted by atomic mass is 16.2. The average molecular weight is 397 g/mol. The molecule has 1 fully saturated rings. The number of hydrogen-bond donors (Lipinski definition) is 2. The second kappa shape index (κ2) is 7.82. The van der Waals surface area contributed by atoms with Crippen LogP contribution >= 0.6 is 0 Å². The number of hydrogen-bond acceptors (Lipinski definition) is 3. The Labute approximate surface area is 172 Å². The lowest BCUT2D eigenvalue weighted by molar-refractivity contribution is 0.0979. The van der Waals surface area contributed by atoms with Gasteiger partial charge in [0.2, 0.25) is 0 Å². The SMILES string of the molecule is CCC(=O)c1[nH]c2cccc3c2c1C[C@@H]1[C@@H]3C[C@H](NC(=O)N(CC)CC)CN1C. The lowest BCUT2D eigenvalue weighted by Crippen LogP contribution is -2.56. The number of nitrogens with zero attached hydrogens (tertiary/aromatic N) is 2. The van der Waals surface area contributed by atoms with Crippen LogP contribution in [-0.2, 0) is 6.42 Å². The van der Waals surface area contributed by atoms with Gasteiger partial charge in [-0.15, -0.1) is 0 Å². The van der Waals surface area contributed by atoms with Crippen LogP contribution in [0.3, 0.4) is 0 Å². The van der Waals surface area contributed by atoms with Crippen molar-refractivity contribution in [3.05, 3.63) is 35.0 Å². The Kier molecular flexibility index (Phi) is 5.38. The number of Topliss-reactive ketones (excluding diaryl/α,β-unsaturated/α-hetero) is 1. The quantitative estimate of drug-likeness (QED) is 0.760. The van der Waals surface area contributed by atoms with Gasteiger partial charge in [-0.25, -0.2) is 4.79 Å². The van der Waals surface area contributed by atoms with Crippen molar-refractivity contribution in [2.75, 3.05) is 26.7 Å². The highest BCUT2D eigenvalue weighted by Crippen LogP contribution is 2.44. The molecule has 6 nitrogen and oxygen atoms in total. The molecule has 1 aliphatic heterocycles. The molecule has 2 amide bonds. The van der Waals surface area contributed by atoms with Crippen molar-refractivity contribution in [3.63, 3.8) is 0 Å². The summed E-state index contributed by atoms with van der Waals surface area (Å²) in [5, 5.41) is 4.49. The number of ketones is 1. The van der Waals surface area contributed by atoms with Crippen molar-refractivity contribution in [2.24, 2.45) is 0 Å². The number of H-pyrrole nitrogens is 1. The molecule has 1 aromatic heterocycles. The fourth-order valence-corrected chi connectivity index (χ4v) is 5.33. The molecule has 1 saturated heterocycles. The van der Waals surface area contributed by atoms with E-state index in [1.54, 1.807) is 0 Å². The zero-order valence-corrected chi connectivity index (χ0v) is 17.9. The third-order valence-corrected chi connectivity index (χ3v) is 6.83. The molecule has 2 heterocycles. The summed E-state index contributed by atoms with van der Waals surface area (Å²) < 4.78 is 0. The Morgan fingerprint density at radius 3 is 2.69 bits per heavy atom. The molecule has 2 N–H and O–H groups in total.